The van der Waals surface area contributed by atoms with E-state index < -0.39 is 0 Å². The number of rotatable bonds is 5. The zero-order valence-corrected chi connectivity index (χ0v) is 10.6. The van der Waals surface area contributed by atoms with Crippen LogP contribution >= 0.6 is 0 Å². The van der Waals surface area contributed by atoms with E-state index in [4.69, 9.17) is 4.74 Å². The standard InChI is InChI=1S/C15H19NO2/c1-18-15(17)14(12-7-3-2-4-8-12)11-16-13-9-5-6-10-13/h2-8,13-14,16H,9-11H2,1H3. The molecule has 0 saturated carbocycles. The molecule has 1 N–H and O–H groups in total. The molecule has 1 aliphatic rings. The smallest absolute Gasteiger partial charge is 0.314 e. The molecule has 1 aromatic carbocycles. The Balaban J connectivity index is 1.99. The van der Waals surface area contributed by atoms with Crippen LogP contribution in [0.15, 0.2) is 42.5 Å². The highest BCUT2D eigenvalue weighted by atomic mass is 16.5. The number of nitrogens with one attached hydrogen (secondary N) is 1. The van der Waals surface area contributed by atoms with E-state index >= 15 is 0 Å². The van der Waals surface area contributed by atoms with Crippen LogP contribution in [0.5, 0.6) is 0 Å². The maximum absolute atomic E-state index is 11.8. The minimum absolute atomic E-state index is 0.181. The first kappa shape index (κ1) is 12.8. The molecule has 0 radical (unpaired) electrons. The molecule has 3 nitrogen and oxygen atoms in total. The van der Waals surface area contributed by atoms with E-state index in [1.807, 2.05) is 30.3 Å². The van der Waals surface area contributed by atoms with E-state index in [1.165, 1.54) is 7.11 Å². The van der Waals surface area contributed by atoms with Crippen molar-refractivity contribution >= 4 is 5.97 Å². The van der Waals surface area contributed by atoms with Gasteiger partial charge in [0.05, 0.1) is 13.0 Å². The molecule has 0 fully saturated rings. The molecule has 0 aliphatic heterocycles. The van der Waals surface area contributed by atoms with Crippen LogP contribution in [0.2, 0.25) is 0 Å². The van der Waals surface area contributed by atoms with Gasteiger partial charge in [-0.05, 0) is 18.4 Å². The first-order chi connectivity index (χ1) is 8.81. The number of hydrogen-bond acceptors (Lipinski definition) is 3. The van der Waals surface area contributed by atoms with Gasteiger partial charge in [-0.15, -0.1) is 0 Å². The summed E-state index contributed by atoms with van der Waals surface area (Å²) < 4.78 is 4.89. The van der Waals surface area contributed by atoms with Gasteiger partial charge < -0.3 is 10.1 Å². The highest BCUT2D eigenvalue weighted by molar-refractivity contribution is 5.78. The van der Waals surface area contributed by atoms with Crippen molar-refractivity contribution < 1.29 is 9.53 Å². The van der Waals surface area contributed by atoms with Crippen molar-refractivity contribution in [2.24, 2.45) is 0 Å². The first-order valence-corrected chi connectivity index (χ1v) is 6.32. The Morgan fingerprint density at radius 1 is 1.33 bits per heavy atom. The minimum Gasteiger partial charge on any atom is -0.469 e. The zero-order valence-electron chi connectivity index (χ0n) is 10.6. The average Bonchev–Trinajstić information content (AvgIpc) is 2.93. The first-order valence-electron chi connectivity index (χ1n) is 6.32. The Labute approximate surface area is 108 Å². The number of hydrogen-bond donors (Lipinski definition) is 1. The number of carbonyl (C=O) groups is 1. The SMILES string of the molecule is COC(=O)C(CNC1CC=CC1)c1ccccc1. The second-order valence-electron chi connectivity index (χ2n) is 4.53. The average molecular weight is 245 g/mol. The quantitative estimate of drug-likeness (QED) is 0.638. The van der Waals surface area contributed by atoms with Gasteiger partial charge in [-0.25, -0.2) is 0 Å². The number of methoxy groups -OCH3 is 1. The molecule has 0 saturated heterocycles. The fourth-order valence-electron chi connectivity index (χ4n) is 2.23. The molecule has 0 heterocycles. The number of esters is 1. The van der Waals surface area contributed by atoms with Crippen molar-refractivity contribution in [1.29, 1.82) is 0 Å². The summed E-state index contributed by atoms with van der Waals surface area (Å²) in [5.41, 5.74) is 1.00. The minimum atomic E-state index is -0.225. The van der Waals surface area contributed by atoms with E-state index in [-0.39, 0.29) is 11.9 Å². The second kappa shape index (κ2) is 6.36. The largest absolute Gasteiger partial charge is 0.469 e. The number of benzene rings is 1. The Hall–Kier alpha value is -1.61. The van der Waals surface area contributed by atoms with Crippen LogP contribution in [-0.2, 0) is 9.53 Å². The van der Waals surface area contributed by atoms with Gasteiger partial charge in [0.25, 0.3) is 0 Å². The van der Waals surface area contributed by atoms with Gasteiger partial charge in [-0.1, -0.05) is 42.5 Å². The molecule has 1 unspecified atom stereocenters. The fraction of sp³-hybridized carbons (Fsp3) is 0.400. The Kier molecular flexibility index (Phi) is 4.53. The van der Waals surface area contributed by atoms with Gasteiger partial charge in [-0.3, -0.25) is 4.79 Å². The van der Waals surface area contributed by atoms with E-state index in [1.54, 1.807) is 0 Å². The van der Waals surface area contributed by atoms with Crippen LogP contribution < -0.4 is 5.32 Å². The van der Waals surface area contributed by atoms with Crippen molar-refractivity contribution in [3.8, 4) is 0 Å². The van der Waals surface area contributed by atoms with E-state index in [9.17, 15) is 4.79 Å². The lowest BCUT2D eigenvalue weighted by Crippen LogP contribution is -2.34. The lowest BCUT2D eigenvalue weighted by molar-refractivity contribution is -0.142. The summed E-state index contributed by atoms with van der Waals surface area (Å²) in [5.74, 6) is -0.406. The zero-order chi connectivity index (χ0) is 12.8. The summed E-state index contributed by atoms with van der Waals surface area (Å²) in [4.78, 5) is 11.8. The third kappa shape index (κ3) is 3.20. The van der Waals surface area contributed by atoms with Crippen LogP contribution in [0.4, 0.5) is 0 Å². The molecule has 0 amide bonds. The molecular weight excluding hydrogens is 226 g/mol. The summed E-state index contributed by atoms with van der Waals surface area (Å²) in [6.07, 6.45) is 6.44. The Bertz CT molecular complexity index is 406. The predicted molar refractivity (Wildman–Crippen MR) is 71.4 cm³/mol. The van der Waals surface area contributed by atoms with E-state index in [0.717, 1.165) is 18.4 Å². The molecule has 3 heteroatoms. The highest BCUT2D eigenvalue weighted by Crippen LogP contribution is 2.18. The van der Waals surface area contributed by atoms with Crippen LogP contribution in [0.25, 0.3) is 0 Å². The number of ether oxygens (including phenoxy) is 1. The summed E-state index contributed by atoms with van der Waals surface area (Å²) in [7, 11) is 1.44. The normalized spacial score (nSPS) is 16.7. The van der Waals surface area contributed by atoms with E-state index in [2.05, 4.69) is 17.5 Å². The number of carbonyl (C=O) groups excluding carboxylic acids is 1. The van der Waals surface area contributed by atoms with Crippen LogP contribution in [0.3, 0.4) is 0 Å². The van der Waals surface area contributed by atoms with Crippen molar-refractivity contribution in [2.45, 2.75) is 24.8 Å². The van der Waals surface area contributed by atoms with Crippen molar-refractivity contribution in [2.75, 3.05) is 13.7 Å². The molecule has 0 bridgehead atoms. The van der Waals surface area contributed by atoms with Crippen LogP contribution in [-0.4, -0.2) is 25.7 Å². The molecule has 1 atom stereocenters. The summed E-state index contributed by atoms with van der Waals surface area (Å²) in [5, 5.41) is 3.43. The van der Waals surface area contributed by atoms with Gasteiger partial charge in [0.1, 0.15) is 0 Å². The molecule has 96 valence electrons. The molecule has 0 aromatic heterocycles. The highest BCUT2D eigenvalue weighted by Gasteiger charge is 2.22. The maximum Gasteiger partial charge on any atom is 0.314 e. The van der Waals surface area contributed by atoms with E-state index in [0.29, 0.717) is 12.6 Å². The Morgan fingerprint density at radius 3 is 2.61 bits per heavy atom. The summed E-state index contributed by atoms with van der Waals surface area (Å²) >= 11 is 0. The van der Waals surface area contributed by atoms with Crippen LogP contribution in [0, 0.1) is 0 Å². The van der Waals surface area contributed by atoms with Crippen molar-refractivity contribution in [3.05, 3.63) is 48.0 Å². The van der Waals surface area contributed by atoms with Gasteiger partial charge in [0.2, 0.25) is 0 Å². The lowest BCUT2D eigenvalue weighted by atomic mass is 9.99. The summed E-state index contributed by atoms with van der Waals surface area (Å²) in [6.45, 7) is 0.628. The maximum atomic E-state index is 11.8. The summed E-state index contributed by atoms with van der Waals surface area (Å²) in [6, 6.07) is 10.2. The molecule has 0 spiro atoms. The van der Waals surface area contributed by atoms with Crippen LogP contribution in [0.1, 0.15) is 24.3 Å². The third-order valence-electron chi connectivity index (χ3n) is 3.31. The molecule has 18 heavy (non-hydrogen) atoms. The molecule has 1 aromatic rings. The molecule has 1 aliphatic carbocycles. The molecular formula is C15H19NO2. The van der Waals surface area contributed by atoms with Gasteiger partial charge >= 0.3 is 5.97 Å². The fourth-order valence-corrected chi connectivity index (χ4v) is 2.23. The topological polar surface area (TPSA) is 38.3 Å². The van der Waals surface area contributed by atoms with Gasteiger partial charge in [-0.2, -0.15) is 0 Å². The lowest BCUT2D eigenvalue weighted by Gasteiger charge is -2.19. The monoisotopic (exact) mass is 245 g/mol. The van der Waals surface area contributed by atoms with Gasteiger partial charge in [0.15, 0.2) is 0 Å². The second-order valence-corrected chi connectivity index (χ2v) is 4.53. The van der Waals surface area contributed by atoms with Gasteiger partial charge in [0, 0.05) is 12.6 Å². The van der Waals surface area contributed by atoms with Crippen molar-refractivity contribution in [1.82, 2.24) is 5.32 Å². The predicted octanol–water partition coefficient (Wildman–Crippen LogP) is 2.25. The molecule has 2 rings (SSSR count). The Morgan fingerprint density at radius 2 is 2.00 bits per heavy atom. The third-order valence-corrected chi connectivity index (χ3v) is 3.31. The van der Waals surface area contributed by atoms with Crippen molar-refractivity contribution in [3.63, 3.8) is 0 Å².